The zero-order valence-corrected chi connectivity index (χ0v) is 9.12. The smallest absolute Gasteiger partial charge is 0.250 e. The van der Waals surface area contributed by atoms with Crippen LogP contribution in [0, 0.1) is 3.57 Å². The van der Waals surface area contributed by atoms with E-state index in [2.05, 4.69) is 37.7 Å². The zero-order chi connectivity index (χ0) is 9.97. The van der Waals surface area contributed by atoms with Crippen LogP contribution >= 0.6 is 22.6 Å². The minimum atomic E-state index is 0.454. The molecule has 0 fully saturated rings. The third-order valence-electron chi connectivity index (χ3n) is 1.55. The Labute approximate surface area is 93.3 Å². The number of aldehydes is 1. The van der Waals surface area contributed by atoms with Gasteiger partial charge in [-0.1, -0.05) is 0 Å². The number of rotatable bonds is 2. The summed E-state index contributed by atoms with van der Waals surface area (Å²) < 4.78 is 2.56. The first-order valence-electron chi connectivity index (χ1n) is 3.77. The van der Waals surface area contributed by atoms with Crippen LogP contribution in [0.15, 0.2) is 24.8 Å². The van der Waals surface area contributed by atoms with Gasteiger partial charge in [-0.05, 0) is 22.6 Å². The topological polar surface area (TPSA) is 60.7 Å². The number of hydrogen-bond donors (Lipinski definition) is 0. The Balaban J connectivity index is 2.38. The van der Waals surface area contributed by atoms with Crippen LogP contribution in [0.25, 0.3) is 5.95 Å². The van der Waals surface area contributed by atoms with Gasteiger partial charge in [-0.25, -0.2) is 14.6 Å². The Morgan fingerprint density at radius 3 is 2.50 bits per heavy atom. The van der Waals surface area contributed by atoms with Crippen LogP contribution in [-0.2, 0) is 0 Å². The van der Waals surface area contributed by atoms with Crippen molar-refractivity contribution in [1.82, 2.24) is 19.7 Å². The van der Waals surface area contributed by atoms with Crippen molar-refractivity contribution in [3.63, 3.8) is 0 Å². The van der Waals surface area contributed by atoms with E-state index in [-0.39, 0.29) is 0 Å². The lowest BCUT2D eigenvalue weighted by atomic mass is 10.4. The first-order valence-corrected chi connectivity index (χ1v) is 4.85. The molecule has 0 aliphatic heterocycles. The van der Waals surface area contributed by atoms with E-state index in [9.17, 15) is 4.79 Å². The van der Waals surface area contributed by atoms with E-state index in [1.54, 1.807) is 17.1 Å². The molecule has 0 unspecified atom stereocenters. The van der Waals surface area contributed by atoms with Crippen molar-refractivity contribution in [3.05, 3.63) is 33.9 Å². The van der Waals surface area contributed by atoms with Crippen LogP contribution in [0.1, 0.15) is 10.4 Å². The van der Waals surface area contributed by atoms with Gasteiger partial charge in [0.2, 0.25) is 5.95 Å². The molecule has 2 aromatic heterocycles. The summed E-state index contributed by atoms with van der Waals surface area (Å²) in [5, 5.41) is 4.04. The molecule has 0 atom stereocenters. The third kappa shape index (κ3) is 1.79. The van der Waals surface area contributed by atoms with Gasteiger partial charge in [0, 0.05) is 18.6 Å². The molecule has 0 aliphatic carbocycles. The predicted molar refractivity (Wildman–Crippen MR) is 57.3 cm³/mol. The van der Waals surface area contributed by atoms with Gasteiger partial charge in [0.25, 0.3) is 0 Å². The quantitative estimate of drug-likeness (QED) is 0.615. The standard InChI is InChI=1S/C8H5IN4O/c9-7-3-12-13(4-7)8-10-1-6(5-14)2-11-8/h1-5H. The number of halogens is 1. The second kappa shape index (κ2) is 3.82. The Morgan fingerprint density at radius 1 is 1.29 bits per heavy atom. The average Bonchev–Trinajstić information content (AvgIpc) is 2.65. The Morgan fingerprint density at radius 2 is 2.00 bits per heavy atom. The van der Waals surface area contributed by atoms with Gasteiger partial charge in [-0.15, -0.1) is 0 Å². The maximum Gasteiger partial charge on any atom is 0.250 e. The molecule has 0 spiro atoms. The molecule has 0 amide bonds. The van der Waals surface area contributed by atoms with E-state index in [1.165, 1.54) is 12.4 Å². The van der Waals surface area contributed by atoms with E-state index in [0.717, 1.165) is 3.57 Å². The van der Waals surface area contributed by atoms with Crippen molar-refractivity contribution in [3.8, 4) is 5.95 Å². The van der Waals surface area contributed by atoms with Gasteiger partial charge in [0.1, 0.15) is 0 Å². The fourth-order valence-electron chi connectivity index (χ4n) is 0.921. The van der Waals surface area contributed by atoms with Gasteiger partial charge >= 0.3 is 0 Å². The van der Waals surface area contributed by atoms with Crippen molar-refractivity contribution in [2.45, 2.75) is 0 Å². The molecule has 0 saturated heterocycles. The van der Waals surface area contributed by atoms with Crippen LogP contribution in [0.3, 0.4) is 0 Å². The fraction of sp³-hybridized carbons (Fsp3) is 0. The van der Waals surface area contributed by atoms with Crippen molar-refractivity contribution in [2.24, 2.45) is 0 Å². The molecule has 6 heteroatoms. The molecule has 14 heavy (non-hydrogen) atoms. The molecule has 0 saturated carbocycles. The number of hydrogen-bond acceptors (Lipinski definition) is 4. The zero-order valence-electron chi connectivity index (χ0n) is 6.96. The molecule has 0 N–H and O–H groups in total. The first kappa shape index (κ1) is 9.25. The highest BCUT2D eigenvalue weighted by Gasteiger charge is 2.01. The Kier molecular flexibility index (Phi) is 2.53. The second-order valence-corrected chi connectivity index (χ2v) is 3.78. The summed E-state index contributed by atoms with van der Waals surface area (Å²) >= 11 is 2.15. The molecule has 2 rings (SSSR count). The Bertz CT molecular complexity index is 451. The highest BCUT2D eigenvalue weighted by molar-refractivity contribution is 14.1. The van der Waals surface area contributed by atoms with Crippen molar-refractivity contribution in [1.29, 1.82) is 0 Å². The fourth-order valence-corrected chi connectivity index (χ4v) is 1.31. The largest absolute Gasteiger partial charge is 0.298 e. The van der Waals surface area contributed by atoms with Crippen molar-refractivity contribution >= 4 is 28.9 Å². The van der Waals surface area contributed by atoms with Crippen LogP contribution in [0.4, 0.5) is 0 Å². The number of carbonyl (C=O) groups excluding carboxylic acids is 1. The lowest BCUT2D eigenvalue weighted by molar-refractivity contribution is 0.112. The summed E-state index contributed by atoms with van der Waals surface area (Å²) in [7, 11) is 0. The minimum absolute atomic E-state index is 0.454. The van der Waals surface area contributed by atoms with Crippen molar-refractivity contribution < 1.29 is 4.79 Å². The lowest BCUT2D eigenvalue weighted by Crippen LogP contribution is -2.01. The van der Waals surface area contributed by atoms with E-state index >= 15 is 0 Å². The summed E-state index contributed by atoms with van der Waals surface area (Å²) in [6.45, 7) is 0. The molecule has 0 aliphatic rings. The molecule has 0 bridgehead atoms. The lowest BCUT2D eigenvalue weighted by Gasteiger charge is -1.97. The Hall–Kier alpha value is -1.31. The number of nitrogens with zero attached hydrogens (tertiary/aromatic N) is 4. The average molecular weight is 300 g/mol. The van der Waals surface area contributed by atoms with Crippen LogP contribution in [-0.4, -0.2) is 26.0 Å². The molecule has 70 valence electrons. The maximum absolute atomic E-state index is 10.4. The van der Waals surface area contributed by atoms with Crippen molar-refractivity contribution in [2.75, 3.05) is 0 Å². The van der Waals surface area contributed by atoms with Crippen LogP contribution in [0.5, 0.6) is 0 Å². The maximum atomic E-state index is 10.4. The monoisotopic (exact) mass is 300 g/mol. The number of aromatic nitrogens is 4. The third-order valence-corrected chi connectivity index (χ3v) is 2.11. The van der Waals surface area contributed by atoms with Gasteiger partial charge < -0.3 is 0 Å². The second-order valence-electron chi connectivity index (χ2n) is 2.54. The van der Waals surface area contributed by atoms with E-state index < -0.39 is 0 Å². The highest BCUT2D eigenvalue weighted by Crippen LogP contribution is 2.05. The molecule has 2 aromatic rings. The van der Waals surface area contributed by atoms with E-state index in [0.29, 0.717) is 17.8 Å². The minimum Gasteiger partial charge on any atom is -0.298 e. The highest BCUT2D eigenvalue weighted by atomic mass is 127. The van der Waals surface area contributed by atoms with Gasteiger partial charge in [-0.3, -0.25) is 4.79 Å². The normalized spacial score (nSPS) is 10.1. The van der Waals surface area contributed by atoms with Crippen LogP contribution < -0.4 is 0 Å². The first-order chi connectivity index (χ1) is 6.79. The number of carbonyl (C=O) groups is 1. The van der Waals surface area contributed by atoms with Gasteiger partial charge in [-0.2, -0.15) is 5.10 Å². The summed E-state index contributed by atoms with van der Waals surface area (Å²) in [5.74, 6) is 0.457. The van der Waals surface area contributed by atoms with Crippen LogP contribution in [0.2, 0.25) is 0 Å². The summed E-state index contributed by atoms with van der Waals surface area (Å²) in [5.41, 5.74) is 0.454. The molecular weight excluding hydrogens is 295 g/mol. The molecule has 0 radical (unpaired) electrons. The van der Waals surface area contributed by atoms with Gasteiger partial charge in [0.05, 0.1) is 15.3 Å². The molecule has 5 nitrogen and oxygen atoms in total. The summed E-state index contributed by atoms with van der Waals surface area (Å²) in [4.78, 5) is 18.3. The van der Waals surface area contributed by atoms with E-state index in [1.807, 2.05) is 0 Å². The summed E-state index contributed by atoms with van der Waals surface area (Å²) in [6, 6.07) is 0. The summed E-state index contributed by atoms with van der Waals surface area (Å²) in [6.07, 6.45) is 7.14. The van der Waals surface area contributed by atoms with E-state index in [4.69, 9.17) is 0 Å². The predicted octanol–water partition coefficient (Wildman–Crippen LogP) is 1.08. The molecular formula is C8H5IN4O. The molecule has 2 heterocycles. The molecule has 0 aromatic carbocycles. The SMILES string of the molecule is O=Cc1cnc(-n2cc(I)cn2)nc1. The van der Waals surface area contributed by atoms with Gasteiger partial charge in [0.15, 0.2) is 6.29 Å².